The van der Waals surface area contributed by atoms with Crippen molar-refractivity contribution < 1.29 is 0 Å². The molecule has 0 amide bonds. The summed E-state index contributed by atoms with van der Waals surface area (Å²) in [5.74, 6) is 0. The molecule has 0 spiro atoms. The van der Waals surface area contributed by atoms with Crippen molar-refractivity contribution in [2.24, 2.45) is 0 Å². The van der Waals surface area contributed by atoms with Crippen molar-refractivity contribution in [1.82, 2.24) is 4.90 Å². The highest BCUT2D eigenvalue weighted by atomic mass is 32.1. The summed E-state index contributed by atoms with van der Waals surface area (Å²) >= 11 is 5.52. The van der Waals surface area contributed by atoms with Crippen LogP contribution in [0.25, 0.3) is 0 Å². The zero-order valence-corrected chi connectivity index (χ0v) is 14.6. The molecule has 0 saturated carbocycles. The van der Waals surface area contributed by atoms with E-state index in [0.717, 1.165) is 23.8 Å². The Kier molecular flexibility index (Phi) is 5.56. The zero-order chi connectivity index (χ0) is 16.1. The quantitative estimate of drug-likeness (QED) is 0.824. The monoisotopic (exact) mass is 312 g/mol. The highest BCUT2D eigenvalue weighted by molar-refractivity contribution is 7.80. The van der Waals surface area contributed by atoms with Gasteiger partial charge in [-0.05, 0) is 61.3 Å². The number of rotatable bonds is 4. The Balaban J connectivity index is 2.02. The standard InChI is InChI=1S/C19H24N2S/c1-5-16-7-6-8-18(12-16)20-19(22)21(4)13-17-10-9-14(2)11-15(17)3/h6-12H,5,13H2,1-4H3,(H,20,22). The molecule has 0 aliphatic rings. The first-order valence-electron chi connectivity index (χ1n) is 7.66. The molecular weight excluding hydrogens is 288 g/mol. The van der Waals surface area contributed by atoms with E-state index in [-0.39, 0.29) is 0 Å². The number of nitrogens with one attached hydrogen (secondary N) is 1. The molecule has 0 atom stereocenters. The average molecular weight is 312 g/mol. The minimum absolute atomic E-state index is 0.744. The van der Waals surface area contributed by atoms with E-state index in [4.69, 9.17) is 12.2 Å². The third kappa shape index (κ3) is 4.31. The number of aryl methyl sites for hydroxylation is 3. The lowest BCUT2D eigenvalue weighted by atomic mass is 10.1. The van der Waals surface area contributed by atoms with E-state index in [0.29, 0.717) is 0 Å². The summed E-state index contributed by atoms with van der Waals surface area (Å²) in [6.07, 6.45) is 1.03. The van der Waals surface area contributed by atoms with E-state index in [1.54, 1.807) is 0 Å². The minimum Gasteiger partial charge on any atom is -0.348 e. The van der Waals surface area contributed by atoms with Crippen LogP contribution >= 0.6 is 12.2 Å². The van der Waals surface area contributed by atoms with Crippen LogP contribution in [-0.2, 0) is 13.0 Å². The Labute approximate surface area is 139 Å². The fourth-order valence-corrected chi connectivity index (χ4v) is 2.62. The number of hydrogen-bond acceptors (Lipinski definition) is 1. The van der Waals surface area contributed by atoms with Gasteiger partial charge in [-0.25, -0.2) is 0 Å². The largest absolute Gasteiger partial charge is 0.348 e. The predicted octanol–water partition coefficient (Wildman–Crippen LogP) is 4.69. The first-order valence-corrected chi connectivity index (χ1v) is 8.07. The summed E-state index contributed by atoms with van der Waals surface area (Å²) in [4.78, 5) is 2.08. The first kappa shape index (κ1) is 16.5. The molecule has 3 heteroatoms. The first-order chi connectivity index (χ1) is 10.5. The van der Waals surface area contributed by atoms with Crippen LogP contribution in [0.5, 0.6) is 0 Å². The average Bonchev–Trinajstić information content (AvgIpc) is 2.50. The van der Waals surface area contributed by atoms with Crippen molar-refractivity contribution in [2.75, 3.05) is 12.4 Å². The van der Waals surface area contributed by atoms with Crippen molar-refractivity contribution in [3.63, 3.8) is 0 Å². The summed E-state index contributed by atoms with van der Waals surface area (Å²) in [6.45, 7) is 7.24. The fraction of sp³-hybridized carbons (Fsp3) is 0.316. The predicted molar refractivity (Wildman–Crippen MR) is 99.4 cm³/mol. The van der Waals surface area contributed by atoms with Crippen LogP contribution in [0.1, 0.15) is 29.2 Å². The van der Waals surface area contributed by atoms with Crippen LogP contribution < -0.4 is 5.32 Å². The molecule has 0 heterocycles. The summed E-state index contributed by atoms with van der Waals surface area (Å²) < 4.78 is 0. The number of anilines is 1. The smallest absolute Gasteiger partial charge is 0.173 e. The van der Waals surface area contributed by atoms with Crippen LogP contribution in [0, 0.1) is 13.8 Å². The second-order valence-corrected chi connectivity index (χ2v) is 6.16. The van der Waals surface area contributed by atoms with Crippen LogP contribution in [0.3, 0.4) is 0 Å². The molecule has 1 N–H and O–H groups in total. The summed E-state index contributed by atoms with van der Waals surface area (Å²) in [7, 11) is 2.03. The van der Waals surface area contributed by atoms with Crippen molar-refractivity contribution in [3.05, 3.63) is 64.7 Å². The molecular formula is C19H24N2S. The Morgan fingerprint density at radius 1 is 1.14 bits per heavy atom. The molecule has 2 nitrogen and oxygen atoms in total. The third-order valence-corrected chi connectivity index (χ3v) is 4.25. The van der Waals surface area contributed by atoms with Gasteiger partial charge in [0.2, 0.25) is 0 Å². The van der Waals surface area contributed by atoms with Gasteiger partial charge in [0.25, 0.3) is 0 Å². The van der Waals surface area contributed by atoms with Crippen LogP contribution in [-0.4, -0.2) is 17.1 Å². The molecule has 0 fully saturated rings. The van der Waals surface area contributed by atoms with E-state index in [2.05, 4.69) is 73.5 Å². The van der Waals surface area contributed by atoms with E-state index in [1.165, 1.54) is 22.3 Å². The van der Waals surface area contributed by atoms with Gasteiger partial charge in [0.1, 0.15) is 0 Å². The maximum Gasteiger partial charge on any atom is 0.173 e. The maximum atomic E-state index is 5.52. The van der Waals surface area contributed by atoms with Crippen molar-refractivity contribution >= 4 is 23.0 Å². The van der Waals surface area contributed by atoms with Gasteiger partial charge in [0.15, 0.2) is 5.11 Å². The molecule has 0 aliphatic carbocycles. The molecule has 116 valence electrons. The molecule has 0 unspecified atom stereocenters. The Hall–Kier alpha value is -1.87. The second-order valence-electron chi connectivity index (χ2n) is 5.77. The molecule has 0 saturated heterocycles. The van der Waals surface area contributed by atoms with Gasteiger partial charge in [0.05, 0.1) is 0 Å². The summed E-state index contributed by atoms with van der Waals surface area (Å²) in [5.41, 5.74) is 6.27. The van der Waals surface area contributed by atoms with E-state index in [9.17, 15) is 0 Å². The van der Waals surface area contributed by atoms with Gasteiger partial charge < -0.3 is 10.2 Å². The Morgan fingerprint density at radius 3 is 2.59 bits per heavy atom. The minimum atomic E-state index is 0.744. The van der Waals surface area contributed by atoms with E-state index in [1.807, 2.05) is 7.05 Å². The zero-order valence-electron chi connectivity index (χ0n) is 13.8. The molecule has 2 aromatic carbocycles. The number of nitrogens with zero attached hydrogens (tertiary/aromatic N) is 1. The summed E-state index contributed by atoms with van der Waals surface area (Å²) in [6, 6.07) is 14.9. The SMILES string of the molecule is CCc1cccc(NC(=S)N(C)Cc2ccc(C)cc2C)c1. The second kappa shape index (κ2) is 7.41. The Morgan fingerprint density at radius 2 is 1.91 bits per heavy atom. The lowest BCUT2D eigenvalue weighted by Crippen LogP contribution is -2.30. The molecule has 22 heavy (non-hydrogen) atoms. The van der Waals surface area contributed by atoms with Crippen LogP contribution in [0.2, 0.25) is 0 Å². The van der Waals surface area contributed by atoms with Gasteiger partial charge in [-0.3, -0.25) is 0 Å². The molecule has 0 bridgehead atoms. The molecule has 0 aromatic heterocycles. The number of thiocarbonyl (C=S) groups is 1. The normalized spacial score (nSPS) is 10.4. The lowest BCUT2D eigenvalue weighted by molar-refractivity contribution is 0.507. The third-order valence-electron chi connectivity index (χ3n) is 3.84. The molecule has 2 aromatic rings. The van der Waals surface area contributed by atoms with Crippen LogP contribution in [0.4, 0.5) is 5.69 Å². The lowest BCUT2D eigenvalue weighted by Gasteiger charge is -2.22. The van der Waals surface area contributed by atoms with Gasteiger partial charge in [0, 0.05) is 19.3 Å². The van der Waals surface area contributed by atoms with Gasteiger partial charge in [-0.2, -0.15) is 0 Å². The van der Waals surface area contributed by atoms with Gasteiger partial charge in [-0.15, -0.1) is 0 Å². The van der Waals surface area contributed by atoms with E-state index < -0.39 is 0 Å². The topological polar surface area (TPSA) is 15.3 Å². The van der Waals surface area contributed by atoms with Crippen molar-refractivity contribution in [1.29, 1.82) is 0 Å². The highest BCUT2D eigenvalue weighted by Crippen LogP contribution is 2.15. The molecule has 2 rings (SSSR count). The number of hydrogen-bond donors (Lipinski definition) is 1. The highest BCUT2D eigenvalue weighted by Gasteiger charge is 2.08. The van der Waals surface area contributed by atoms with Crippen molar-refractivity contribution in [3.8, 4) is 0 Å². The van der Waals surface area contributed by atoms with E-state index >= 15 is 0 Å². The fourth-order valence-electron chi connectivity index (χ4n) is 2.44. The van der Waals surface area contributed by atoms with Crippen molar-refractivity contribution in [2.45, 2.75) is 33.7 Å². The molecule has 0 aliphatic heterocycles. The number of benzene rings is 2. The van der Waals surface area contributed by atoms with Gasteiger partial charge >= 0.3 is 0 Å². The maximum absolute atomic E-state index is 5.52. The van der Waals surface area contributed by atoms with Gasteiger partial charge in [-0.1, -0.05) is 42.8 Å². The summed E-state index contributed by atoms with van der Waals surface area (Å²) in [5, 5.41) is 4.07. The Bertz CT molecular complexity index is 664. The molecule has 0 radical (unpaired) electrons. The van der Waals surface area contributed by atoms with Crippen LogP contribution in [0.15, 0.2) is 42.5 Å².